The van der Waals surface area contributed by atoms with Crippen LogP contribution in [0.25, 0.3) is 0 Å². The zero-order chi connectivity index (χ0) is 18.7. The van der Waals surface area contributed by atoms with Gasteiger partial charge in [0.25, 0.3) is 5.69 Å². The van der Waals surface area contributed by atoms with Gasteiger partial charge in [0.15, 0.2) is 0 Å². The van der Waals surface area contributed by atoms with E-state index in [1.54, 1.807) is 14.0 Å². The van der Waals surface area contributed by atoms with Crippen molar-refractivity contribution < 1.29 is 18.1 Å². The molecule has 0 aliphatic carbocycles. The number of halogens is 2. The molecule has 0 atom stereocenters. The zero-order valence-electron chi connectivity index (χ0n) is 14.6. The van der Waals surface area contributed by atoms with E-state index in [2.05, 4.69) is 10.0 Å². The molecule has 148 valence electrons. The quantitative estimate of drug-likeness (QED) is 0.509. The van der Waals surface area contributed by atoms with E-state index in [9.17, 15) is 18.5 Å². The molecule has 1 fully saturated rings. The zero-order valence-corrected chi connectivity index (χ0v) is 17.0. The maximum absolute atomic E-state index is 12.7. The topological polar surface area (TPSA) is 111 Å². The smallest absolute Gasteiger partial charge is 0.289 e. The van der Waals surface area contributed by atoms with Crippen LogP contribution in [-0.4, -0.2) is 46.7 Å². The van der Waals surface area contributed by atoms with Crippen molar-refractivity contribution in [1.82, 2.24) is 10.0 Å². The summed E-state index contributed by atoms with van der Waals surface area (Å²) in [5.41, 5.74) is -0.282. The van der Waals surface area contributed by atoms with Crippen LogP contribution in [0.4, 0.5) is 5.69 Å². The van der Waals surface area contributed by atoms with Crippen LogP contribution in [0.2, 0.25) is 5.02 Å². The summed E-state index contributed by atoms with van der Waals surface area (Å²) < 4.78 is 33.2. The van der Waals surface area contributed by atoms with Crippen molar-refractivity contribution in [3.05, 3.63) is 32.8 Å². The van der Waals surface area contributed by atoms with E-state index in [-0.39, 0.29) is 34.3 Å². The summed E-state index contributed by atoms with van der Waals surface area (Å²) in [6.45, 7) is 3.76. The molecular formula is C15H23Cl2N3O5S. The van der Waals surface area contributed by atoms with Gasteiger partial charge in [0.05, 0.1) is 11.5 Å². The van der Waals surface area contributed by atoms with E-state index in [1.165, 1.54) is 12.1 Å². The molecule has 0 amide bonds. The van der Waals surface area contributed by atoms with Gasteiger partial charge in [-0.1, -0.05) is 11.6 Å². The lowest BCUT2D eigenvalue weighted by atomic mass is 9.80. The molecule has 0 aromatic heterocycles. The average molecular weight is 428 g/mol. The number of rotatable bonds is 7. The maximum Gasteiger partial charge on any atom is 0.289 e. The van der Waals surface area contributed by atoms with Crippen molar-refractivity contribution in [3.8, 4) is 0 Å². The van der Waals surface area contributed by atoms with Crippen LogP contribution in [0.1, 0.15) is 18.4 Å². The highest BCUT2D eigenvalue weighted by atomic mass is 35.5. The SMILES string of the molecule is COCC1(CNS(=O)(=O)c2cc(C)cc([N+](=O)[O-])c2Cl)CCNCC1.Cl. The highest BCUT2D eigenvalue weighted by molar-refractivity contribution is 7.89. The van der Waals surface area contributed by atoms with Gasteiger partial charge in [0, 0.05) is 25.1 Å². The lowest BCUT2D eigenvalue weighted by Crippen LogP contribution is -2.47. The Bertz CT molecular complexity index is 746. The number of aryl methyl sites for hydroxylation is 1. The number of nitro groups is 1. The minimum Gasteiger partial charge on any atom is -0.384 e. The van der Waals surface area contributed by atoms with Crippen molar-refractivity contribution in [3.63, 3.8) is 0 Å². The van der Waals surface area contributed by atoms with Crippen LogP contribution in [0, 0.1) is 22.5 Å². The molecule has 1 saturated heterocycles. The van der Waals surface area contributed by atoms with Gasteiger partial charge in [-0.3, -0.25) is 10.1 Å². The first-order valence-corrected chi connectivity index (χ1v) is 9.71. The number of benzene rings is 1. The van der Waals surface area contributed by atoms with Gasteiger partial charge < -0.3 is 10.1 Å². The number of nitro benzene ring substituents is 1. The third-order valence-electron chi connectivity index (χ3n) is 4.40. The van der Waals surface area contributed by atoms with Gasteiger partial charge >= 0.3 is 0 Å². The second kappa shape index (κ2) is 9.29. The van der Waals surface area contributed by atoms with Crippen LogP contribution in [0.15, 0.2) is 17.0 Å². The fraction of sp³-hybridized carbons (Fsp3) is 0.600. The molecule has 1 aromatic rings. The Morgan fingerprint density at radius 2 is 2.00 bits per heavy atom. The number of hydrogen-bond donors (Lipinski definition) is 2. The molecule has 0 bridgehead atoms. The number of nitrogens with zero attached hydrogens (tertiary/aromatic N) is 1. The second-order valence-corrected chi connectivity index (χ2v) is 8.47. The van der Waals surface area contributed by atoms with E-state index < -0.39 is 20.6 Å². The molecule has 2 N–H and O–H groups in total. The lowest BCUT2D eigenvalue weighted by molar-refractivity contribution is -0.385. The first-order valence-electron chi connectivity index (χ1n) is 7.85. The molecule has 11 heteroatoms. The molecule has 0 spiro atoms. The van der Waals surface area contributed by atoms with Crippen LogP contribution in [0.3, 0.4) is 0 Å². The van der Waals surface area contributed by atoms with Gasteiger partial charge in [-0.15, -0.1) is 12.4 Å². The molecule has 1 aromatic carbocycles. The number of hydrogen-bond acceptors (Lipinski definition) is 6. The molecule has 1 aliphatic rings. The van der Waals surface area contributed by atoms with Gasteiger partial charge in [0.2, 0.25) is 10.0 Å². The summed E-state index contributed by atoms with van der Waals surface area (Å²) in [5, 5.41) is 13.9. The van der Waals surface area contributed by atoms with E-state index in [0.29, 0.717) is 12.2 Å². The van der Waals surface area contributed by atoms with Crippen molar-refractivity contribution in [2.75, 3.05) is 33.4 Å². The number of methoxy groups -OCH3 is 1. The molecule has 0 unspecified atom stereocenters. The summed E-state index contributed by atoms with van der Waals surface area (Å²) >= 11 is 5.98. The van der Waals surface area contributed by atoms with Gasteiger partial charge in [0.1, 0.15) is 9.92 Å². The fourth-order valence-corrected chi connectivity index (χ4v) is 4.82. The Labute approximate surface area is 164 Å². The Morgan fingerprint density at radius 1 is 1.38 bits per heavy atom. The van der Waals surface area contributed by atoms with E-state index >= 15 is 0 Å². The predicted molar refractivity (Wildman–Crippen MR) is 102 cm³/mol. The molecular weight excluding hydrogens is 405 g/mol. The molecule has 0 radical (unpaired) electrons. The highest BCUT2D eigenvalue weighted by Crippen LogP contribution is 2.33. The standard InChI is InChI=1S/C15H22ClN3O5S.ClH/c1-11-7-12(19(20)21)14(16)13(8-11)25(22,23)18-9-15(10-24-2)3-5-17-6-4-15;/h7-8,17-18H,3-6,9-10H2,1-2H3;1H. The summed E-state index contributed by atoms with van der Waals surface area (Å²) in [7, 11) is -2.41. The number of piperidine rings is 1. The Balaban J connectivity index is 0.00000338. The second-order valence-electron chi connectivity index (χ2n) is 6.36. The van der Waals surface area contributed by atoms with Crippen molar-refractivity contribution in [1.29, 1.82) is 0 Å². The third kappa shape index (κ3) is 5.28. The summed E-state index contributed by atoms with van der Waals surface area (Å²) in [4.78, 5) is 10.1. The number of nitrogens with one attached hydrogen (secondary N) is 2. The highest BCUT2D eigenvalue weighted by Gasteiger charge is 2.34. The van der Waals surface area contributed by atoms with Crippen LogP contribution >= 0.6 is 24.0 Å². The monoisotopic (exact) mass is 427 g/mol. The van der Waals surface area contributed by atoms with Gasteiger partial charge in [-0.25, -0.2) is 13.1 Å². The summed E-state index contributed by atoms with van der Waals surface area (Å²) in [6.07, 6.45) is 1.54. The van der Waals surface area contributed by atoms with E-state index in [0.717, 1.165) is 25.9 Å². The molecule has 8 nitrogen and oxygen atoms in total. The number of ether oxygens (including phenoxy) is 1. The summed E-state index contributed by atoms with van der Waals surface area (Å²) in [5.74, 6) is 0. The molecule has 0 saturated carbocycles. The molecule has 1 aliphatic heterocycles. The fourth-order valence-electron chi connectivity index (χ4n) is 3.01. The van der Waals surface area contributed by atoms with Gasteiger partial charge in [-0.2, -0.15) is 0 Å². The first-order chi connectivity index (χ1) is 11.7. The minimum atomic E-state index is -3.99. The average Bonchev–Trinajstić information content (AvgIpc) is 2.56. The number of sulfonamides is 1. The first kappa shape index (κ1) is 23.1. The van der Waals surface area contributed by atoms with E-state index in [4.69, 9.17) is 16.3 Å². The summed E-state index contributed by atoms with van der Waals surface area (Å²) in [6, 6.07) is 2.59. The van der Waals surface area contributed by atoms with E-state index in [1.807, 2.05) is 0 Å². The van der Waals surface area contributed by atoms with Gasteiger partial charge in [-0.05, 0) is 44.5 Å². The normalized spacial score (nSPS) is 16.7. The largest absolute Gasteiger partial charge is 0.384 e. The molecule has 1 heterocycles. The maximum atomic E-state index is 12.7. The van der Waals surface area contributed by atoms with Crippen molar-refractivity contribution >= 4 is 39.7 Å². The Hall–Kier alpha value is -0.970. The van der Waals surface area contributed by atoms with Crippen molar-refractivity contribution in [2.45, 2.75) is 24.7 Å². The molecule has 2 rings (SSSR count). The Morgan fingerprint density at radius 3 is 2.54 bits per heavy atom. The predicted octanol–water partition coefficient (Wildman–Crippen LogP) is 2.27. The van der Waals surface area contributed by atoms with Crippen molar-refractivity contribution in [2.24, 2.45) is 5.41 Å². The lowest BCUT2D eigenvalue weighted by Gasteiger charge is -2.37. The van der Waals surface area contributed by atoms with Crippen LogP contribution in [0.5, 0.6) is 0 Å². The third-order valence-corrected chi connectivity index (χ3v) is 6.34. The molecule has 26 heavy (non-hydrogen) atoms. The van der Waals surface area contributed by atoms with Crippen LogP contribution < -0.4 is 10.0 Å². The Kier molecular flexibility index (Phi) is 8.25. The minimum absolute atomic E-state index is 0. The van der Waals surface area contributed by atoms with Crippen LogP contribution in [-0.2, 0) is 14.8 Å².